The first-order valence-corrected chi connectivity index (χ1v) is 19.8. The summed E-state index contributed by atoms with van der Waals surface area (Å²) in [4.78, 5) is 47.3. The van der Waals surface area contributed by atoms with Crippen molar-refractivity contribution in [1.82, 2.24) is 30.0 Å². The molecule has 1 saturated heterocycles. The summed E-state index contributed by atoms with van der Waals surface area (Å²) in [6, 6.07) is 9.44. The zero-order valence-corrected chi connectivity index (χ0v) is 34.2. The molecule has 6 rings (SSSR count). The van der Waals surface area contributed by atoms with E-state index in [0.717, 1.165) is 42.1 Å². The molecule has 2 atom stereocenters. The average Bonchev–Trinajstić information content (AvgIpc) is 3.94. The SMILES string of the molecule is Cc1nc(NC(=O)N2CCCC2C(N)=O)sc1-c1ccnc(C(C)(C)C(F)(F)F)c1.Cn1ncc(Cl)c1-c1cc(C(=O)NC(CN)Cc2cccc(F)c2)sc1Cl. The van der Waals surface area contributed by atoms with Crippen LogP contribution >= 0.6 is 45.9 Å². The Bertz CT molecular complexity index is 2240. The van der Waals surface area contributed by atoms with Gasteiger partial charge in [-0.3, -0.25) is 24.6 Å². The van der Waals surface area contributed by atoms with Crippen molar-refractivity contribution in [3.63, 3.8) is 0 Å². The number of nitrogens with two attached hydrogens (primary N) is 2. The second-order valence-corrected chi connectivity index (χ2v) is 16.7. The number of thiophene rings is 1. The number of urea groups is 1. The van der Waals surface area contributed by atoms with Crippen LogP contribution in [0.2, 0.25) is 9.36 Å². The Kier molecular flexibility index (Phi) is 13.7. The van der Waals surface area contributed by atoms with E-state index in [1.165, 1.54) is 35.5 Å². The molecule has 4 amide bonds. The fourth-order valence-electron chi connectivity index (χ4n) is 6.00. The van der Waals surface area contributed by atoms with Crippen molar-refractivity contribution in [2.75, 3.05) is 18.4 Å². The number of thiazole rings is 1. The molecule has 4 aromatic heterocycles. The fourth-order valence-corrected chi connectivity index (χ4v) is 8.40. The Morgan fingerprint density at radius 3 is 2.47 bits per heavy atom. The summed E-state index contributed by atoms with van der Waals surface area (Å²) in [5, 5.41) is 10.4. The summed E-state index contributed by atoms with van der Waals surface area (Å²) in [7, 11) is 1.75. The lowest BCUT2D eigenvalue weighted by Gasteiger charge is -2.27. The number of carbonyl (C=O) groups is 3. The molecular weight excluding hydrogens is 829 g/mol. The summed E-state index contributed by atoms with van der Waals surface area (Å²) in [6.07, 6.45) is 0.0235. The number of likely N-dealkylation sites (tertiary alicyclic amines) is 1. The van der Waals surface area contributed by atoms with E-state index in [2.05, 4.69) is 25.7 Å². The number of carbonyl (C=O) groups excluding carboxylic acids is 3. The summed E-state index contributed by atoms with van der Waals surface area (Å²) in [5.74, 6) is -1.18. The standard InChI is InChI=1S/C19H22F3N5O2S.C18H17Cl2FN4OS/c1-10-14(11-6-7-24-13(9-11)18(2,3)19(20,21)22)30-16(25-10)26-17(29)27-8-4-5-12(27)15(23)28;1-25-16(14(19)9-23-25)13-7-15(27-17(13)20)18(26)24-12(8-22)6-10-3-2-4-11(21)5-10/h6-7,9,12H,4-5,8H2,1-3H3,(H2,23,28)(H,25,26,29);2-5,7,9,12H,6,8,22H2,1H3,(H,24,26). The van der Waals surface area contributed by atoms with E-state index in [0.29, 0.717) is 67.4 Å². The number of primary amides is 1. The highest BCUT2D eigenvalue weighted by atomic mass is 35.5. The number of nitrogens with zero attached hydrogens (tertiary/aromatic N) is 5. The average molecular weight is 869 g/mol. The van der Waals surface area contributed by atoms with Crippen molar-refractivity contribution in [2.24, 2.45) is 18.5 Å². The van der Waals surface area contributed by atoms with Gasteiger partial charge in [0.25, 0.3) is 5.91 Å². The molecule has 1 aromatic carbocycles. The van der Waals surface area contributed by atoms with Crippen LogP contribution in [0, 0.1) is 12.7 Å². The van der Waals surface area contributed by atoms with Gasteiger partial charge in [0.15, 0.2) is 5.13 Å². The van der Waals surface area contributed by atoms with Crippen LogP contribution in [0.3, 0.4) is 0 Å². The van der Waals surface area contributed by atoms with Gasteiger partial charge in [-0.2, -0.15) is 18.3 Å². The Balaban J connectivity index is 0.000000219. The Hall–Kier alpha value is -4.62. The van der Waals surface area contributed by atoms with Gasteiger partial charge in [0, 0.05) is 37.9 Å². The monoisotopic (exact) mass is 867 g/mol. The third kappa shape index (κ3) is 10.1. The van der Waals surface area contributed by atoms with Gasteiger partial charge in [0.2, 0.25) is 5.91 Å². The van der Waals surface area contributed by atoms with Crippen molar-refractivity contribution < 1.29 is 31.9 Å². The van der Waals surface area contributed by atoms with Crippen molar-refractivity contribution in [3.05, 3.63) is 91.9 Å². The van der Waals surface area contributed by atoms with E-state index < -0.39 is 29.6 Å². The third-order valence-corrected chi connectivity index (χ3v) is 12.0. The molecule has 2 unspecified atom stereocenters. The third-order valence-electron chi connectivity index (χ3n) is 9.27. The van der Waals surface area contributed by atoms with E-state index in [1.807, 2.05) is 0 Å². The van der Waals surface area contributed by atoms with Gasteiger partial charge in [-0.1, -0.05) is 46.7 Å². The summed E-state index contributed by atoms with van der Waals surface area (Å²) >= 11 is 14.8. The van der Waals surface area contributed by atoms with Crippen molar-refractivity contribution in [2.45, 2.75) is 63.7 Å². The van der Waals surface area contributed by atoms with Crippen LogP contribution < -0.4 is 22.1 Å². The molecule has 0 radical (unpaired) electrons. The first kappa shape index (κ1) is 43.5. The number of hydrogen-bond acceptors (Lipinski definition) is 9. The van der Waals surface area contributed by atoms with Gasteiger partial charge in [-0.25, -0.2) is 14.2 Å². The predicted octanol–water partition coefficient (Wildman–Crippen LogP) is 7.73. The number of pyridine rings is 1. The molecule has 0 aliphatic carbocycles. The first-order valence-electron chi connectivity index (χ1n) is 17.4. The van der Waals surface area contributed by atoms with E-state index >= 15 is 0 Å². The molecule has 0 spiro atoms. The van der Waals surface area contributed by atoms with Gasteiger partial charge < -0.3 is 21.7 Å². The molecule has 57 heavy (non-hydrogen) atoms. The number of aromatic nitrogens is 4. The minimum Gasteiger partial charge on any atom is -0.368 e. The van der Waals surface area contributed by atoms with Gasteiger partial charge in [0.05, 0.1) is 38.1 Å². The van der Waals surface area contributed by atoms with Gasteiger partial charge in [-0.05, 0) is 81.5 Å². The van der Waals surface area contributed by atoms with Crippen LogP contribution in [0.1, 0.15) is 53.3 Å². The van der Waals surface area contributed by atoms with E-state index in [9.17, 15) is 31.9 Å². The number of nitrogens with one attached hydrogen (secondary N) is 2. The van der Waals surface area contributed by atoms with Crippen LogP contribution in [-0.4, -0.2) is 73.8 Å². The second-order valence-electron chi connectivity index (χ2n) is 13.7. The lowest BCUT2D eigenvalue weighted by molar-refractivity contribution is -0.181. The maximum Gasteiger partial charge on any atom is 0.399 e. The molecule has 5 heterocycles. The molecule has 1 aliphatic rings. The number of amides is 4. The smallest absolute Gasteiger partial charge is 0.368 e. The Morgan fingerprint density at radius 2 is 1.84 bits per heavy atom. The number of rotatable bonds is 10. The Morgan fingerprint density at radius 1 is 1.11 bits per heavy atom. The highest BCUT2D eigenvalue weighted by Crippen LogP contribution is 2.42. The van der Waals surface area contributed by atoms with Crippen LogP contribution in [0.25, 0.3) is 21.7 Å². The lowest BCUT2D eigenvalue weighted by Crippen LogP contribution is -2.45. The molecule has 5 aromatic rings. The topological polar surface area (TPSA) is 174 Å². The van der Waals surface area contributed by atoms with Gasteiger partial charge in [0.1, 0.15) is 21.6 Å². The molecule has 0 bridgehead atoms. The lowest BCUT2D eigenvalue weighted by atomic mass is 9.87. The maximum absolute atomic E-state index is 13.4. The van der Waals surface area contributed by atoms with E-state index in [-0.39, 0.29) is 35.1 Å². The highest BCUT2D eigenvalue weighted by molar-refractivity contribution is 7.19. The number of alkyl halides is 3. The quantitative estimate of drug-likeness (QED) is 0.104. The number of halogens is 6. The minimum absolute atomic E-state index is 0.104. The molecule has 12 nitrogen and oxygen atoms in total. The first-order chi connectivity index (χ1) is 26.8. The van der Waals surface area contributed by atoms with Crippen molar-refractivity contribution in [1.29, 1.82) is 0 Å². The minimum atomic E-state index is -4.45. The molecular formula is C37H39Cl2F4N9O3S2. The van der Waals surface area contributed by atoms with Crippen LogP contribution in [-0.2, 0) is 23.7 Å². The largest absolute Gasteiger partial charge is 0.399 e. The molecule has 6 N–H and O–H groups in total. The Labute approximate surface area is 343 Å². The predicted molar refractivity (Wildman–Crippen MR) is 214 cm³/mol. The zero-order valence-electron chi connectivity index (χ0n) is 31.1. The summed E-state index contributed by atoms with van der Waals surface area (Å²) in [5.41, 5.74) is 12.0. The molecule has 0 saturated carbocycles. The molecule has 304 valence electrons. The summed E-state index contributed by atoms with van der Waals surface area (Å²) in [6.45, 7) is 4.50. The van der Waals surface area contributed by atoms with Gasteiger partial charge in [-0.15, -0.1) is 11.3 Å². The number of aryl methyl sites for hydroxylation is 2. The van der Waals surface area contributed by atoms with Crippen molar-refractivity contribution >= 4 is 68.9 Å². The maximum atomic E-state index is 13.4. The summed E-state index contributed by atoms with van der Waals surface area (Å²) < 4.78 is 55.5. The second kappa shape index (κ2) is 17.9. The van der Waals surface area contributed by atoms with Crippen molar-refractivity contribution in [3.8, 4) is 21.7 Å². The van der Waals surface area contributed by atoms with E-state index in [4.69, 9.17) is 34.7 Å². The number of hydrogen-bond donors (Lipinski definition) is 4. The van der Waals surface area contributed by atoms with Crippen LogP contribution in [0.5, 0.6) is 0 Å². The molecule has 1 fully saturated rings. The number of benzene rings is 1. The molecule has 20 heteroatoms. The van der Waals surface area contributed by atoms with Crippen LogP contribution in [0.15, 0.2) is 54.9 Å². The van der Waals surface area contributed by atoms with Crippen LogP contribution in [0.4, 0.5) is 27.5 Å². The fraction of sp³-hybridized carbons (Fsp3) is 0.351. The highest BCUT2D eigenvalue weighted by Gasteiger charge is 2.49. The number of anilines is 1. The van der Waals surface area contributed by atoms with E-state index in [1.54, 1.807) is 42.9 Å². The molecule has 1 aliphatic heterocycles. The zero-order chi connectivity index (χ0) is 41.8. The van der Waals surface area contributed by atoms with Gasteiger partial charge >= 0.3 is 12.2 Å². The normalized spacial score (nSPS) is 14.9.